The van der Waals surface area contributed by atoms with Gasteiger partial charge in [0.05, 0.1) is 11.3 Å². The Kier molecular flexibility index (Phi) is 3.68. The van der Waals surface area contributed by atoms with Crippen LogP contribution in [0.5, 0.6) is 0 Å². The average Bonchev–Trinajstić information content (AvgIpc) is 2.40. The summed E-state index contributed by atoms with van der Waals surface area (Å²) in [6.07, 6.45) is 2.76. The molecule has 18 heavy (non-hydrogen) atoms. The summed E-state index contributed by atoms with van der Waals surface area (Å²) >= 11 is 0. The van der Waals surface area contributed by atoms with Crippen LogP contribution in [0.2, 0.25) is 0 Å². The molecule has 0 spiro atoms. The van der Waals surface area contributed by atoms with Crippen molar-refractivity contribution in [1.82, 2.24) is 9.88 Å². The molecule has 1 unspecified atom stereocenters. The Hall–Kier alpha value is -1.80. The molecule has 0 aliphatic carbocycles. The van der Waals surface area contributed by atoms with Gasteiger partial charge in [-0.25, -0.2) is 4.98 Å². The lowest BCUT2D eigenvalue weighted by Crippen LogP contribution is -2.51. The van der Waals surface area contributed by atoms with E-state index < -0.39 is 0 Å². The molecule has 1 aromatic heterocycles. The fraction of sp³-hybridized carbons (Fsp3) is 0.538. The van der Waals surface area contributed by atoms with Gasteiger partial charge < -0.3 is 10.6 Å². The highest BCUT2D eigenvalue weighted by atomic mass is 15.3. The van der Waals surface area contributed by atoms with Crippen LogP contribution >= 0.6 is 0 Å². The lowest BCUT2D eigenvalue weighted by molar-refractivity contribution is 0.213. The van der Waals surface area contributed by atoms with Gasteiger partial charge in [0, 0.05) is 31.9 Å². The van der Waals surface area contributed by atoms with Crippen molar-refractivity contribution < 1.29 is 0 Å². The van der Waals surface area contributed by atoms with Gasteiger partial charge in [0.1, 0.15) is 6.07 Å². The third-order valence-corrected chi connectivity index (χ3v) is 3.64. The molecule has 2 rings (SSSR count). The highest BCUT2D eigenvalue weighted by Crippen LogP contribution is 2.25. The summed E-state index contributed by atoms with van der Waals surface area (Å²) in [7, 11) is 2.15. The normalized spacial score (nSPS) is 20.7. The number of nitrogen functional groups attached to an aromatic ring is 1. The molecule has 1 atom stereocenters. The van der Waals surface area contributed by atoms with Crippen molar-refractivity contribution in [1.29, 1.82) is 5.26 Å². The van der Waals surface area contributed by atoms with Crippen LogP contribution in [-0.4, -0.2) is 42.6 Å². The number of nitrogens with two attached hydrogens (primary N) is 1. The van der Waals surface area contributed by atoms with Crippen LogP contribution in [-0.2, 0) is 0 Å². The number of nitriles is 1. The van der Waals surface area contributed by atoms with E-state index in [1.54, 1.807) is 12.3 Å². The molecule has 0 saturated carbocycles. The molecule has 1 saturated heterocycles. The number of pyridine rings is 1. The van der Waals surface area contributed by atoms with E-state index in [-0.39, 0.29) is 0 Å². The van der Waals surface area contributed by atoms with E-state index in [1.807, 2.05) is 0 Å². The zero-order chi connectivity index (χ0) is 13.1. The molecule has 1 aromatic rings. The first-order chi connectivity index (χ1) is 8.67. The fourth-order valence-corrected chi connectivity index (χ4v) is 2.39. The molecular weight excluding hydrogens is 226 g/mol. The summed E-state index contributed by atoms with van der Waals surface area (Å²) in [5, 5.41) is 9.00. The predicted octanol–water partition coefficient (Wildman–Crippen LogP) is 1.07. The van der Waals surface area contributed by atoms with Crippen LogP contribution in [0.25, 0.3) is 0 Å². The molecule has 0 amide bonds. The highest BCUT2D eigenvalue weighted by molar-refractivity contribution is 5.70. The third-order valence-electron chi connectivity index (χ3n) is 3.64. The molecule has 1 aliphatic heterocycles. The molecule has 5 nitrogen and oxygen atoms in total. The molecular formula is C13H19N5. The van der Waals surface area contributed by atoms with Crippen molar-refractivity contribution >= 4 is 11.5 Å². The predicted molar refractivity (Wildman–Crippen MR) is 72.3 cm³/mol. The average molecular weight is 245 g/mol. The lowest BCUT2D eigenvalue weighted by Gasteiger charge is -2.40. The maximum absolute atomic E-state index is 9.00. The van der Waals surface area contributed by atoms with E-state index in [1.165, 1.54) is 0 Å². The van der Waals surface area contributed by atoms with Gasteiger partial charge in [0.15, 0.2) is 5.82 Å². The lowest BCUT2D eigenvalue weighted by atomic mass is 10.1. The Balaban J connectivity index is 2.25. The van der Waals surface area contributed by atoms with Gasteiger partial charge in [-0.05, 0) is 19.5 Å². The van der Waals surface area contributed by atoms with E-state index in [2.05, 4.69) is 34.8 Å². The second-order valence-electron chi connectivity index (χ2n) is 4.70. The van der Waals surface area contributed by atoms with Crippen LogP contribution in [0, 0.1) is 11.3 Å². The molecule has 2 heterocycles. The smallest absolute Gasteiger partial charge is 0.153 e. The third kappa shape index (κ3) is 2.24. The first kappa shape index (κ1) is 12.7. The standard InChI is InChI=1S/C13H19N5/c1-3-11-9-18(7-6-17(11)2)13-12(15)10(8-14)4-5-16-13/h4-5,11H,3,6-7,9,15H2,1-2H3. The van der Waals surface area contributed by atoms with E-state index in [9.17, 15) is 0 Å². The minimum Gasteiger partial charge on any atom is -0.395 e. The number of piperazine rings is 1. The van der Waals surface area contributed by atoms with E-state index in [0.717, 1.165) is 31.9 Å². The maximum Gasteiger partial charge on any atom is 0.153 e. The number of likely N-dealkylation sites (N-methyl/N-ethyl adjacent to an activating group) is 1. The van der Waals surface area contributed by atoms with Crippen molar-refractivity contribution in [3.63, 3.8) is 0 Å². The summed E-state index contributed by atoms with van der Waals surface area (Å²) in [6.45, 7) is 5.00. The molecule has 0 bridgehead atoms. The van der Waals surface area contributed by atoms with Gasteiger partial charge >= 0.3 is 0 Å². The number of rotatable bonds is 2. The molecule has 1 fully saturated rings. The van der Waals surface area contributed by atoms with Crippen LogP contribution in [0.15, 0.2) is 12.3 Å². The van der Waals surface area contributed by atoms with Crippen molar-refractivity contribution in [3.8, 4) is 6.07 Å². The summed E-state index contributed by atoms with van der Waals surface area (Å²) in [4.78, 5) is 8.88. The Morgan fingerprint density at radius 2 is 2.33 bits per heavy atom. The number of hydrogen-bond acceptors (Lipinski definition) is 5. The summed E-state index contributed by atoms with van der Waals surface area (Å²) < 4.78 is 0. The van der Waals surface area contributed by atoms with Gasteiger partial charge in [-0.15, -0.1) is 0 Å². The molecule has 2 N–H and O–H groups in total. The van der Waals surface area contributed by atoms with Gasteiger partial charge in [0.25, 0.3) is 0 Å². The minimum absolute atomic E-state index is 0.499. The van der Waals surface area contributed by atoms with Crippen molar-refractivity contribution in [2.45, 2.75) is 19.4 Å². The van der Waals surface area contributed by atoms with Gasteiger partial charge in [-0.2, -0.15) is 5.26 Å². The SMILES string of the molecule is CCC1CN(c2nccc(C#N)c2N)CCN1C. The van der Waals surface area contributed by atoms with Crippen LogP contribution < -0.4 is 10.6 Å². The zero-order valence-corrected chi connectivity index (χ0v) is 10.9. The van der Waals surface area contributed by atoms with Crippen molar-refractivity contribution in [3.05, 3.63) is 17.8 Å². The Morgan fingerprint density at radius 3 is 3.00 bits per heavy atom. The van der Waals surface area contributed by atoms with E-state index in [0.29, 0.717) is 17.3 Å². The van der Waals surface area contributed by atoms with Crippen molar-refractivity contribution in [2.75, 3.05) is 37.3 Å². The summed E-state index contributed by atoms with van der Waals surface area (Å²) in [5.74, 6) is 0.751. The van der Waals surface area contributed by atoms with E-state index in [4.69, 9.17) is 11.0 Å². The van der Waals surface area contributed by atoms with Gasteiger partial charge in [-0.3, -0.25) is 4.90 Å². The Morgan fingerprint density at radius 1 is 1.56 bits per heavy atom. The topological polar surface area (TPSA) is 69.2 Å². The quantitative estimate of drug-likeness (QED) is 0.844. The van der Waals surface area contributed by atoms with Gasteiger partial charge in [-0.1, -0.05) is 6.92 Å². The highest BCUT2D eigenvalue weighted by Gasteiger charge is 2.25. The van der Waals surface area contributed by atoms with Crippen LogP contribution in [0.4, 0.5) is 11.5 Å². The Labute approximate surface area is 108 Å². The molecule has 0 radical (unpaired) electrons. The summed E-state index contributed by atoms with van der Waals surface area (Å²) in [6, 6.07) is 4.28. The molecule has 1 aliphatic rings. The number of nitrogens with zero attached hydrogens (tertiary/aromatic N) is 4. The molecule has 5 heteroatoms. The largest absolute Gasteiger partial charge is 0.395 e. The number of hydrogen-bond donors (Lipinski definition) is 1. The number of aromatic nitrogens is 1. The first-order valence-electron chi connectivity index (χ1n) is 6.27. The summed E-state index contributed by atoms with van der Waals surface area (Å²) in [5.41, 5.74) is 7.01. The van der Waals surface area contributed by atoms with Crippen LogP contribution in [0.1, 0.15) is 18.9 Å². The molecule has 0 aromatic carbocycles. The fourth-order valence-electron chi connectivity index (χ4n) is 2.39. The first-order valence-corrected chi connectivity index (χ1v) is 6.27. The van der Waals surface area contributed by atoms with Gasteiger partial charge in [0.2, 0.25) is 0 Å². The monoisotopic (exact) mass is 245 g/mol. The maximum atomic E-state index is 9.00. The second-order valence-corrected chi connectivity index (χ2v) is 4.70. The van der Waals surface area contributed by atoms with Crippen LogP contribution in [0.3, 0.4) is 0 Å². The van der Waals surface area contributed by atoms with E-state index >= 15 is 0 Å². The molecule has 96 valence electrons. The minimum atomic E-state index is 0.499. The van der Waals surface area contributed by atoms with Crippen molar-refractivity contribution in [2.24, 2.45) is 0 Å². The number of anilines is 2. The Bertz CT molecular complexity index is 465. The second kappa shape index (κ2) is 5.23. The zero-order valence-electron chi connectivity index (χ0n) is 10.9.